The van der Waals surface area contributed by atoms with Crippen LogP contribution in [0.1, 0.15) is 11.1 Å². The number of ether oxygens (including phenoxy) is 1. The number of H-pyrrole nitrogens is 1. The van der Waals surface area contributed by atoms with Gasteiger partial charge in [0.15, 0.2) is 5.82 Å². The molecule has 0 saturated carbocycles. The fourth-order valence-corrected chi connectivity index (χ4v) is 3.14. The highest BCUT2D eigenvalue weighted by atomic mass is 79.9. The average Bonchev–Trinajstić information content (AvgIpc) is 3.13. The summed E-state index contributed by atoms with van der Waals surface area (Å²) in [5, 5.41) is 11.6. The lowest BCUT2D eigenvalue weighted by Gasteiger charge is -2.06. The number of hydrogen-bond donors (Lipinski definition) is 1. The largest absolute Gasteiger partial charge is 0.489 e. The molecule has 0 fully saturated rings. The summed E-state index contributed by atoms with van der Waals surface area (Å²) in [7, 11) is 0. The topological polar surface area (TPSA) is 55.2 Å². The first-order valence-corrected chi connectivity index (χ1v) is 10.1. The van der Waals surface area contributed by atoms with Gasteiger partial charge in [0.2, 0.25) is 4.77 Å². The van der Waals surface area contributed by atoms with E-state index in [1.807, 2.05) is 78.9 Å². The molecule has 3 aromatic carbocycles. The van der Waals surface area contributed by atoms with E-state index >= 15 is 0 Å². The second-order valence-electron chi connectivity index (χ2n) is 6.26. The third-order valence-corrected chi connectivity index (χ3v) is 5.00. The summed E-state index contributed by atoms with van der Waals surface area (Å²) >= 11 is 8.74. The third-order valence-electron chi connectivity index (χ3n) is 4.20. The molecule has 0 radical (unpaired) electrons. The molecule has 1 heterocycles. The van der Waals surface area contributed by atoms with Gasteiger partial charge in [-0.2, -0.15) is 14.9 Å². The summed E-state index contributed by atoms with van der Waals surface area (Å²) in [6, 6.07) is 25.6. The summed E-state index contributed by atoms with van der Waals surface area (Å²) < 4.78 is 8.94. The van der Waals surface area contributed by atoms with Gasteiger partial charge in [-0.3, -0.25) is 0 Å². The Morgan fingerprint density at radius 2 is 1.72 bits per heavy atom. The molecule has 1 N–H and O–H groups in total. The Morgan fingerprint density at radius 1 is 1.00 bits per heavy atom. The van der Waals surface area contributed by atoms with E-state index in [-0.39, 0.29) is 0 Å². The minimum atomic E-state index is 0.439. The van der Waals surface area contributed by atoms with Crippen molar-refractivity contribution in [2.75, 3.05) is 0 Å². The Labute approximate surface area is 181 Å². The molecule has 4 aromatic rings. The van der Waals surface area contributed by atoms with Crippen LogP contribution in [0.2, 0.25) is 0 Å². The number of halogens is 1. The highest BCUT2D eigenvalue weighted by molar-refractivity contribution is 9.10. The number of aromatic amines is 1. The van der Waals surface area contributed by atoms with Crippen LogP contribution in [0.3, 0.4) is 0 Å². The van der Waals surface area contributed by atoms with Gasteiger partial charge in [0.05, 0.1) is 6.21 Å². The number of nitrogens with one attached hydrogen (secondary N) is 1. The van der Waals surface area contributed by atoms with Gasteiger partial charge in [-0.15, -0.1) is 0 Å². The zero-order valence-electron chi connectivity index (χ0n) is 15.3. The van der Waals surface area contributed by atoms with Crippen molar-refractivity contribution in [2.45, 2.75) is 6.61 Å². The van der Waals surface area contributed by atoms with Crippen molar-refractivity contribution in [1.29, 1.82) is 0 Å². The van der Waals surface area contributed by atoms with Crippen LogP contribution >= 0.6 is 28.1 Å². The summed E-state index contributed by atoms with van der Waals surface area (Å²) in [6.07, 6.45) is 1.75. The van der Waals surface area contributed by atoms with E-state index in [4.69, 9.17) is 17.0 Å². The molecule has 144 valence electrons. The van der Waals surface area contributed by atoms with Gasteiger partial charge in [-0.1, -0.05) is 58.4 Å². The maximum atomic E-state index is 5.84. The molecule has 0 unspecified atom stereocenters. The number of benzene rings is 3. The zero-order valence-corrected chi connectivity index (χ0v) is 17.7. The fraction of sp³-hybridized carbons (Fsp3) is 0.0455. The molecule has 5 nitrogen and oxygen atoms in total. The van der Waals surface area contributed by atoms with E-state index in [2.05, 4.69) is 31.2 Å². The monoisotopic (exact) mass is 464 g/mol. The minimum absolute atomic E-state index is 0.439. The van der Waals surface area contributed by atoms with E-state index in [1.165, 1.54) is 0 Å². The lowest BCUT2D eigenvalue weighted by Crippen LogP contribution is -1.96. The Kier molecular flexibility index (Phi) is 5.97. The molecule has 0 bridgehead atoms. The molecule has 7 heteroatoms. The molecule has 0 saturated heterocycles. The van der Waals surface area contributed by atoms with E-state index in [0.29, 0.717) is 17.2 Å². The summed E-state index contributed by atoms with van der Waals surface area (Å²) in [5.41, 5.74) is 2.98. The first kappa shape index (κ1) is 19.3. The molecule has 0 atom stereocenters. The highest BCUT2D eigenvalue weighted by Gasteiger charge is 2.07. The summed E-state index contributed by atoms with van der Waals surface area (Å²) in [4.78, 5) is 0. The SMILES string of the molecule is S=c1[nH]nc(-c2ccccc2)n1/N=C\c1ccc(OCc2ccc(Br)cc2)cc1. The predicted molar refractivity (Wildman–Crippen MR) is 121 cm³/mol. The molecule has 0 amide bonds. The fourth-order valence-electron chi connectivity index (χ4n) is 2.69. The van der Waals surface area contributed by atoms with Crippen molar-refractivity contribution in [2.24, 2.45) is 5.10 Å². The van der Waals surface area contributed by atoms with E-state index in [1.54, 1.807) is 10.9 Å². The van der Waals surface area contributed by atoms with Gasteiger partial charge < -0.3 is 4.74 Å². The van der Waals surface area contributed by atoms with Crippen molar-refractivity contribution < 1.29 is 4.74 Å². The van der Waals surface area contributed by atoms with Crippen molar-refractivity contribution >= 4 is 34.4 Å². The highest BCUT2D eigenvalue weighted by Crippen LogP contribution is 2.18. The van der Waals surface area contributed by atoms with Gasteiger partial charge in [0.1, 0.15) is 12.4 Å². The summed E-state index contributed by atoms with van der Waals surface area (Å²) in [5.74, 6) is 1.47. The molecule has 1 aromatic heterocycles. The van der Waals surface area contributed by atoms with Crippen LogP contribution in [-0.2, 0) is 6.61 Å². The molecule has 0 aliphatic rings. The lowest BCUT2D eigenvalue weighted by molar-refractivity contribution is 0.306. The van der Waals surface area contributed by atoms with Gasteiger partial charge in [0.25, 0.3) is 0 Å². The molecular weight excluding hydrogens is 448 g/mol. The Balaban J connectivity index is 1.45. The van der Waals surface area contributed by atoms with Crippen molar-refractivity contribution in [3.8, 4) is 17.1 Å². The molecule has 0 spiro atoms. The first-order valence-electron chi connectivity index (χ1n) is 8.93. The van der Waals surface area contributed by atoms with Crippen molar-refractivity contribution in [1.82, 2.24) is 14.9 Å². The molecule has 0 aliphatic heterocycles. The normalized spacial score (nSPS) is 11.1. The smallest absolute Gasteiger partial charge is 0.216 e. The lowest BCUT2D eigenvalue weighted by atomic mass is 10.2. The zero-order chi connectivity index (χ0) is 20.1. The summed E-state index contributed by atoms with van der Waals surface area (Å²) in [6.45, 7) is 0.519. The second-order valence-corrected chi connectivity index (χ2v) is 7.56. The Morgan fingerprint density at radius 3 is 2.45 bits per heavy atom. The van der Waals surface area contributed by atoms with Crippen molar-refractivity contribution in [3.63, 3.8) is 0 Å². The maximum absolute atomic E-state index is 5.84. The maximum Gasteiger partial charge on any atom is 0.216 e. The minimum Gasteiger partial charge on any atom is -0.489 e. The van der Waals surface area contributed by atoms with Crippen LogP contribution in [0.25, 0.3) is 11.4 Å². The van der Waals surface area contributed by atoms with E-state index in [9.17, 15) is 0 Å². The predicted octanol–water partition coefficient (Wildman–Crippen LogP) is 5.83. The second kappa shape index (κ2) is 8.98. The number of nitrogens with zero attached hydrogens (tertiary/aromatic N) is 3. The standard InChI is InChI=1S/C22H17BrN4OS/c23-19-10-6-17(7-11-19)15-28-20-12-8-16(9-13-20)14-24-27-21(25-26-22(27)29)18-4-2-1-3-5-18/h1-14H,15H2,(H,26,29)/b24-14-. The van der Waals surface area contributed by atoms with E-state index in [0.717, 1.165) is 26.9 Å². The van der Waals surface area contributed by atoms with Crippen LogP contribution in [0, 0.1) is 4.77 Å². The number of rotatable bonds is 6. The van der Waals surface area contributed by atoms with Crippen molar-refractivity contribution in [3.05, 3.63) is 99.2 Å². The van der Waals surface area contributed by atoms with Gasteiger partial charge >= 0.3 is 0 Å². The number of aromatic nitrogens is 3. The van der Waals surface area contributed by atoms with Crippen LogP contribution in [0.5, 0.6) is 5.75 Å². The molecular formula is C22H17BrN4OS. The van der Waals surface area contributed by atoms with Crippen LogP contribution < -0.4 is 4.74 Å². The number of hydrogen-bond acceptors (Lipinski definition) is 4. The quantitative estimate of drug-likeness (QED) is 0.288. The molecule has 0 aliphatic carbocycles. The first-order chi connectivity index (χ1) is 14.2. The average molecular weight is 465 g/mol. The van der Waals surface area contributed by atoms with Crippen LogP contribution in [0.15, 0.2) is 88.4 Å². The third kappa shape index (κ3) is 4.88. The molecule has 29 heavy (non-hydrogen) atoms. The Hall–Kier alpha value is -3.03. The van der Waals surface area contributed by atoms with Gasteiger partial charge in [-0.25, -0.2) is 5.10 Å². The molecule has 4 rings (SSSR count). The van der Waals surface area contributed by atoms with Gasteiger partial charge in [-0.05, 0) is 59.7 Å². The van der Waals surface area contributed by atoms with E-state index < -0.39 is 0 Å². The Bertz CT molecular complexity index is 1170. The van der Waals surface area contributed by atoms with Crippen LogP contribution in [-0.4, -0.2) is 21.1 Å². The van der Waals surface area contributed by atoms with Crippen LogP contribution in [0.4, 0.5) is 0 Å². The van der Waals surface area contributed by atoms with Gasteiger partial charge in [0, 0.05) is 10.0 Å².